The van der Waals surface area contributed by atoms with E-state index in [0.29, 0.717) is 22.3 Å². The monoisotopic (exact) mass is 536 g/mol. The molecular formula is C27H33ClN8O2. The topological polar surface area (TPSA) is 132 Å². The third kappa shape index (κ3) is 5.37. The highest BCUT2D eigenvalue weighted by molar-refractivity contribution is 6.30. The predicted octanol–water partition coefficient (Wildman–Crippen LogP) is 4.53. The molecule has 1 aromatic carbocycles. The van der Waals surface area contributed by atoms with Crippen LogP contribution in [0.4, 0.5) is 10.7 Å². The van der Waals surface area contributed by atoms with Crippen LogP contribution in [0.15, 0.2) is 36.9 Å². The number of nitrogens with zero attached hydrogens (tertiary/aromatic N) is 5. The van der Waals surface area contributed by atoms with E-state index < -0.39 is 11.9 Å². The lowest BCUT2D eigenvalue weighted by Gasteiger charge is -2.36. The van der Waals surface area contributed by atoms with Gasteiger partial charge in [0.2, 0.25) is 5.95 Å². The summed E-state index contributed by atoms with van der Waals surface area (Å²) in [6.45, 7) is 9.48. The molecule has 38 heavy (non-hydrogen) atoms. The van der Waals surface area contributed by atoms with Gasteiger partial charge in [-0.15, -0.1) is 6.58 Å². The maximum absolute atomic E-state index is 11.3. The van der Waals surface area contributed by atoms with Crippen molar-refractivity contribution in [2.75, 3.05) is 24.5 Å². The number of carboxylic acid groups (broad SMARTS) is 1. The molecule has 0 radical (unpaired) electrons. The highest BCUT2D eigenvalue weighted by Crippen LogP contribution is 2.36. The molecule has 10 nitrogen and oxygen atoms in total. The zero-order chi connectivity index (χ0) is 26.8. The summed E-state index contributed by atoms with van der Waals surface area (Å²) in [5.74, 6) is 1.57. The number of hydrogen-bond acceptors (Lipinski definition) is 7. The van der Waals surface area contributed by atoms with Gasteiger partial charge in [-0.1, -0.05) is 49.6 Å². The largest absolute Gasteiger partial charge is 0.465 e. The van der Waals surface area contributed by atoms with Crippen molar-refractivity contribution in [2.45, 2.75) is 45.2 Å². The van der Waals surface area contributed by atoms with Crippen LogP contribution in [-0.4, -0.2) is 62.2 Å². The van der Waals surface area contributed by atoms with Crippen molar-refractivity contribution in [3.05, 3.63) is 47.8 Å². The molecule has 0 bridgehead atoms. The van der Waals surface area contributed by atoms with Crippen LogP contribution in [-0.2, 0) is 6.54 Å². The number of carbonyl (C=O) groups is 1. The second-order valence-electron chi connectivity index (χ2n) is 10.2. The number of nitrogens with one attached hydrogen (secondary N) is 3. The summed E-state index contributed by atoms with van der Waals surface area (Å²) >= 11 is 6.37. The zero-order valence-corrected chi connectivity index (χ0v) is 22.2. The third-order valence-corrected chi connectivity index (χ3v) is 7.76. The molecule has 2 aliphatic rings. The summed E-state index contributed by atoms with van der Waals surface area (Å²) < 4.78 is 2.23. The van der Waals surface area contributed by atoms with E-state index >= 15 is 0 Å². The first-order valence-electron chi connectivity index (χ1n) is 13.1. The van der Waals surface area contributed by atoms with Crippen molar-refractivity contribution in [1.82, 2.24) is 30.2 Å². The van der Waals surface area contributed by atoms with Crippen LogP contribution in [0.2, 0.25) is 5.02 Å². The molecule has 0 spiro atoms. The first-order chi connectivity index (χ1) is 18.3. The summed E-state index contributed by atoms with van der Waals surface area (Å²) in [4.78, 5) is 27.8. The lowest BCUT2D eigenvalue weighted by molar-refractivity contribution is 0.200. The van der Waals surface area contributed by atoms with E-state index in [1.165, 1.54) is 12.8 Å². The summed E-state index contributed by atoms with van der Waals surface area (Å²) in [6, 6.07) is 7.42. The molecule has 3 aromatic rings. The molecule has 2 fully saturated rings. The molecule has 4 N–H and O–H groups in total. The highest BCUT2D eigenvalue weighted by Gasteiger charge is 2.30. The fourth-order valence-electron chi connectivity index (χ4n) is 5.48. The van der Waals surface area contributed by atoms with Crippen molar-refractivity contribution in [3.63, 3.8) is 0 Å². The number of fused-ring (bicyclic) bond motifs is 1. The average Bonchev–Trinajstić information content (AvgIpc) is 3.27. The molecule has 0 unspecified atom stereocenters. The van der Waals surface area contributed by atoms with E-state index in [9.17, 15) is 9.90 Å². The minimum Gasteiger partial charge on any atom is -0.465 e. The Balaban J connectivity index is 1.72. The Morgan fingerprint density at radius 2 is 2.08 bits per heavy atom. The third-order valence-electron chi connectivity index (χ3n) is 7.52. The molecule has 1 aliphatic heterocycles. The van der Waals surface area contributed by atoms with Crippen molar-refractivity contribution in [1.29, 1.82) is 5.41 Å². The molecule has 200 valence electrons. The lowest BCUT2D eigenvalue weighted by Crippen LogP contribution is -2.51. The summed E-state index contributed by atoms with van der Waals surface area (Å²) in [5, 5.41) is 23.5. The molecule has 1 amide bonds. The molecule has 3 heterocycles. The van der Waals surface area contributed by atoms with E-state index in [-0.39, 0.29) is 11.9 Å². The Labute approximate surface area is 226 Å². The van der Waals surface area contributed by atoms with Crippen LogP contribution >= 0.6 is 11.6 Å². The molecule has 2 aromatic heterocycles. The minimum atomic E-state index is -1.35. The number of anilines is 1. The van der Waals surface area contributed by atoms with E-state index in [2.05, 4.69) is 38.6 Å². The molecule has 1 aliphatic carbocycles. The number of amides is 1. The second-order valence-corrected chi connectivity index (χ2v) is 10.7. The van der Waals surface area contributed by atoms with Gasteiger partial charge in [-0.25, -0.2) is 14.8 Å². The van der Waals surface area contributed by atoms with Crippen LogP contribution in [0.1, 0.15) is 38.4 Å². The van der Waals surface area contributed by atoms with Gasteiger partial charge < -0.3 is 19.9 Å². The number of benzene rings is 1. The summed E-state index contributed by atoms with van der Waals surface area (Å²) in [7, 11) is 0. The van der Waals surface area contributed by atoms with Crippen molar-refractivity contribution < 1.29 is 9.90 Å². The van der Waals surface area contributed by atoms with Gasteiger partial charge in [0, 0.05) is 36.8 Å². The molecule has 1 saturated carbocycles. The molecule has 1 saturated heterocycles. The van der Waals surface area contributed by atoms with Gasteiger partial charge in [0.15, 0.2) is 17.3 Å². The standard InChI is InChI=1S/C27H33ClN8O2/c1-3-20-14-30-11-12-35(20)26-34-24-22(36(26)15-17-9-7-16(2)8-10-17)21(18-5-4-6-19(28)13-18)31-25(33-24)23(29)32-27(37)38/h3-6,13,16-17,20,30H,1,7-12,14-15H2,2H3,(H2,29,32)(H,37,38)/t16-,17-,20-/m1/s1. The van der Waals surface area contributed by atoms with Gasteiger partial charge in [-0.05, 0) is 36.8 Å². The van der Waals surface area contributed by atoms with E-state index in [1.807, 2.05) is 24.3 Å². The van der Waals surface area contributed by atoms with Gasteiger partial charge in [0.1, 0.15) is 11.2 Å². The Morgan fingerprint density at radius 1 is 1.29 bits per heavy atom. The van der Waals surface area contributed by atoms with E-state index in [4.69, 9.17) is 27.0 Å². The van der Waals surface area contributed by atoms with E-state index in [0.717, 1.165) is 62.0 Å². The number of hydrogen-bond donors (Lipinski definition) is 4. The van der Waals surface area contributed by atoms with Gasteiger partial charge >= 0.3 is 6.09 Å². The predicted molar refractivity (Wildman–Crippen MR) is 149 cm³/mol. The van der Waals surface area contributed by atoms with Crippen molar-refractivity contribution >= 4 is 40.6 Å². The SMILES string of the molecule is C=C[C@@H]1CNCCN1c1nc2nc(C(=N)NC(=O)O)nc(-c3cccc(Cl)c3)c2n1C[C@H]1CC[C@H](C)CC1. The Kier molecular flexibility index (Phi) is 7.62. The Bertz CT molecular complexity index is 1360. The molecule has 1 atom stereocenters. The molecule has 11 heteroatoms. The highest BCUT2D eigenvalue weighted by atomic mass is 35.5. The van der Waals surface area contributed by atoms with Crippen LogP contribution in [0, 0.1) is 17.2 Å². The minimum absolute atomic E-state index is 0.0434. The fourth-order valence-corrected chi connectivity index (χ4v) is 5.67. The Hall–Kier alpha value is -3.50. The number of aromatic nitrogens is 4. The number of piperazine rings is 1. The van der Waals surface area contributed by atoms with Crippen LogP contribution < -0.4 is 15.5 Å². The smallest absolute Gasteiger partial charge is 0.410 e. The van der Waals surface area contributed by atoms with Gasteiger partial charge in [0.05, 0.1) is 6.04 Å². The normalized spacial score (nSPS) is 21.8. The lowest BCUT2D eigenvalue weighted by atomic mass is 9.83. The van der Waals surface area contributed by atoms with Crippen LogP contribution in [0.3, 0.4) is 0 Å². The quantitative estimate of drug-likeness (QED) is 0.207. The number of amidine groups is 1. The first-order valence-corrected chi connectivity index (χ1v) is 13.4. The molecule has 5 rings (SSSR count). The van der Waals surface area contributed by atoms with Crippen LogP contribution in [0.25, 0.3) is 22.4 Å². The van der Waals surface area contributed by atoms with Gasteiger partial charge in [-0.3, -0.25) is 10.7 Å². The maximum Gasteiger partial charge on any atom is 0.410 e. The fraction of sp³-hybridized carbons (Fsp3) is 0.444. The average molecular weight is 537 g/mol. The van der Waals surface area contributed by atoms with Gasteiger partial charge in [0.25, 0.3) is 0 Å². The number of rotatable bonds is 6. The maximum atomic E-state index is 11.3. The number of imidazole rings is 1. The van der Waals surface area contributed by atoms with Crippen molar-refractivity contribution in [2.24, 2.45) is 11.8 Å². The first kappa shape index (κ1) is 26.1. The van der Waals surface area contributed by atoms with Crippen molar-refractivity contribution in [3.8, 4) is 11.3 Å². The van der Waals surface area contributed by atoms with Crippen LogP contribution in [0.5, 0.6) is 0 Å². The second kappa shape index (κ2) is 11.1. The summed E-state index contributed by atoms with van der Waals surface area (Å²) in [6.07, 6.45) is 5.27. The van der Waals surface area contributed by atoms with Gasteiger partial charge in [-0.2, -0.15) is 4.98 Å². The van der Waals surface area contributed by atoms with E-state index in [1.54, 1.807) is 6.07 Å². The molecular weight excluding hydrogens is 504 g/mol. The zero-order valence-electron chi connectivity index (χ0n) is 21.5. The summed E-state index contributed by atoms with van der Waals surface area (Å²) in [5.41, 5.74) is 2.49. The number of halogens is 1. The Morgan fingerprint density at radius 3 is 2.79 bits per heavy atom.